The van der Waals surface area contributed by atoms with E-state index in [0.29, 0.717) is 13.1 Å². The van der Waals surface area contributed by atoms with Gasteiger partial charge in [-0.1, -0.05) is 12.8 Å². The summed E-state index contributed by atoms with van der Waals surface area (Å²) < 4.78 is 24.0. The molecule has 1 saturated carbocycles. The number of carbonyl (C=O) groups is 2. The molecule has 1 unspecified atom stereocenters. The zero-order valence-electron chi connectivity index (χ0n) is 14.7. The van der Waals surface area contributed by atoms with E-state index in [9.17, 15) is 14.2 Å². The van der Waals surface area contributed by atoms with Crippen LogP contribution in [0.1, 0.15) is 53.4 Å². The smallest absolute Gasteiger partial charge is 0.337 e. The molecular formula is C16H30NO5P. The highest BCUT2D eigenvalue weighted by atomic mass is 31.2. The Morgan fingerprint density at radius 1 is 1.04 bits per heavy atom. The van der Waals surface area contributed by atoms with E-state index in [0.717, 1.165) is 25.7 Å². The molecule has 23 heavy (non-hydrogen) atoms. The molecule has 1 amide bonds. The minimum absolute atomic E-state index is 0.106. The number of ketones is 1. The zero-order valence-corrected chi connectivity index (χ0v) is 15.6. The van der Waals surface area contributed by atoms with Crippen molar-refractivity contribution in [1.82, 2.24) is 4.90 Å². The molecule has 134 valence electrons. The van der Waals surface area contributed by atoms with Crippen LogP contribution in [0.2, 0.25) is 0 Å². The summed E-state index contributed by atoms with van der Waals surface area (Å²) in [7, 11) is -3.65. The molecule has 0 N–H and O–H groups in total. The van der Waals surface area contributed by atoms with Gasteiger partial charge < -0.3 is 13.9 Å². The highest BCUT2D eigenvalue weighted by Crippen LogP contribution is 2.58. The standard InChI is InChI=1S/C16H30NO5P/c1-5-17(6-2)16(19)14(18)15(13-11-9-10-12-13)23(20,21-7-3)22-8-4/h13,15H,5-12H2,1-4H3. The molecule has 0 spiro atoms. The topological polar surface area (TPSA) is 72.9 Å². The zero-order chi connectivity index (χ0) is 17.5. The second-order valence-corrected chi connectivity index (χ2v) is 7.86. The largest absolute Gasteiger partial charge is 0.341 e. The van der Waals surface area contributed by atoms with E-state index in [1.165, 1.54) is 4.90 Å². The summed E-state index contributed by atoms with van der Waals surface area (Å²) in [5.41, 5.74) is -0.974. The SMILES string of the molecule is CCOP(=O)(OCC)C(C(=O)C(=O)N(CC)CC)C1CCCC1. The number of likely N-dealkylation sites (N-methyl/N-ethyl adjacent to an activating group) is 1. The van der Waals surface area contributed by atoms with Crippen molar-refractivity contribution in [1.29, 1.82) is 0 Å². The van der Waals surface area contributed by atoms with Gasteiger partial charge >= 0.3 is 7.60 Å². The fourth-order valence-corrected chi connectivity index (χ4v) is 5.57. The first kappa shape index (κ1) is 20.3. The summed E-state index contributed by atoms with van der Waals surface area (Å²) in [6, 6.07) is 0. The van der Waals surface area contributed by atoms with Crippen molar-refractivity contribution in [2.24, 2.45) is 5.92 Å². The molecule has 0 aromatic carbocycles. The van der Waals surface area contributed by atoms with E-state index in [1.54, 1.807) is 13.8 Å². The monoisotopic (exact) mass is 347 g/mol. The molecule has 0 aromatic rings. The molecule has 0 aliphatic heterocycles. The van der Waals surface area contributed by atoms with Crippen molar-refractivity contribution in [3.63, 3.8) is 0 Å². The molecule has 0 saturated heterocycles. The Labute approximate surface area is 139 Å². The fourth-order valence-electron chi connectivity index (χ4n) is 3.24. The highest BCUT2D eigenvalue weighted by molar-refractivity contribution is 7.56. The van der Waals surface area contributed by atoms with Crippen molar-refractivity contribution in [3.8, 4) is 0 Å². The van der Waals surface area contributed by atoms with Crippen LogP contribution in [0.5, 0.6) is 0 Å². The maximum atomic E-state index is 13.2. The van der Waals surface area contributed by atoms with Gasteiger partial charge in [0.1, 0.15) is 5.66 Å². The van der Waals surface area contributed by atoms with E-state index in [2.05, 4.69) is 0 Å². The normalized spacial score (nSPS) is 17.2. The predicted octanol–water partition coefficient (Wildman–Crippen LogP) is 3.25. The summed E-state index contributed by atoms with van der Waals surface area (Å²) in [6.45, 7) is 8.36. The maximum Gasteiger partial charge on any atom is 0.341 e. The van der Waals surface area contributed by atoms with Gasteiger partial charge in [-0.15, -0.1) is 0 Å². The molecule has 0 bridgehead atoms. The Bertz CT molecular complexity index is 434. The Balaban J connectivity index is 3.15. The summed E-state index contributed by atoms with van der Waals surface area (Å²) in [4.78, 5) is 26.8. The molecule has 6 nitrogen and oxygen atoms in total. The van der Waals surface area contributed by atoms with Crippen molar-refractivity contribution >= 4 is 19.3 Å². The molecule has 0 aromatic heterocycles. The Morgan fingerprint density at radius 2 is 1.52 bits per heavy atom. The van der Waals surface area contributed by atoms with E-state index >= 15 is 0 Å². The van der Waals surface area contributed by atoms with Gasteiger partial charge in [-0.05, 0) is 46.5 Å². The third-order valence-corrected chi connectivity index (χ3v) is 6.91. The number of rotatable bonds is 10. The van der Waals surface area contributed by atoms with E-state index in [-0.39, 0.29) is 19.1 Å². The van der Waals surface area contributed by atoms with Crippen LogP contribution in [0.25, 0.3) is 0 Å². The molecule has 1 atom stereocenters. The van der Waals surface area contributed by atoms with Gasteiger partial charge in [0, 0.05) is 13.1 Å². The molecule has 7 heteroatoms. The third kappa shape index (κ3) is 4.88. The molecule has 1 aliphatic carbocycles. The molecule has 0 radical (unpaired) electrons. The van der Waals surface area contributed by atoms with Gasteiger partial charge in [-0.2, -0.15) is 0 Å². The van der Waals surface area contributed by atoms with Crippen LogP contribution in [-0.4, -0.2) is 48.6 Å². The third-order valence-electron chi connectivity index (χ3n) is 4.34. The summed E-state index contributed by atoms with van der Waals surface area (Å²) >= 11 is 0. The average molecular weight is 347 g/mol. The average Bonchev–Trinajstić information content (AvgIpc) is 3.02. The second kappa shape index (κ2) is 9.55. The lowest BCUT2D eigenvalue weighted by Gasteiger charge is -2.30. The van der Waals surface area contributed by atoms with Crippen LogP contribution in [0.15, 0.2) is 0 Å². The van der Waals surface area contributed by atoms with Crippen LogP contribution in [0.3, 0.4) is 0 Å². The van der Waals surface area contributed by atoms with Crippen molar-refractivity contribution in [2.75, 3.05) is 26.3 Å². The summed E-state index contributed by atoms with van der Waals surface area (Å²) in [6.07, 6.45) is 3.52. The summed E-state index contributed by atoms with van der Waals surface area (Å²) in [5.74, 6) is -1.30. The quantitative estimate of drug-likeness (QED) is 0.448. The minimum Gasteiger partial charge on any atom is -0.337 e. The molecule has 1 fully saturated rings. The van der Waals surface area contributed by atoms with E-state index < -0.39 is 24.9 Å². The van der Waals surface area contributed by atoms with Crippen LogP contribution < -0.4 is 0 Å². The van der Waals surface area contributed by atoms with Crippen LogP contribution in [0, 0.1) is 5.92 Å². The van der Waals surface area contributed by atoms with Gasteiger partial charge in [0.2, 0.25) is 5.78 Å². The molecule has 1 aliphatic rings. The van der Waals surface area contributed by atoms with Crippen LogP contribution >= 0.6 is 7.60 Å². The lowest BCUT2D eigenvalue weighted by atomic mass is 9.99. The first-order valence-corrected chi connectivity index (χ1v) is 10.3. The number of hydrogen-bond donors (Lipinski definition) is 0. The summed E-state index contributed by atoms with van der Waals surface area (Å²) in [5, 5.41) is 0. The minimum atomic E-state index is -3.65. The molecular weight excluding hydrogens is 317 g/mol. The van der Waals surface area contributed by atoms with E-state index in [1.807, 2.05) is 13.8 Å². The van der Waals surface area contributed by atoms with Crippen molar-refractivity contribution in [2.45, 2.75) is 59.0 Å². The van der Waals surface area contributed by atoms with Gasteiger partial charge in [0.05, 0.1) is 13.2 Å². The number of hydrogen-bond acceptors (Lipinski definition) is 5. The van der Waals surface area contributed by atoms with Crippen LogP contribution in [-0.2, 0) is 23.2 Å². The number of Topliss-reactive ketones (excluding diaryl/α,β-unsaturated/α-hetero) is 1. The van der Waals surface area contributed by atoms with Gasteiger partial charge in [0.15, 0.2) is 0 Å². The molecule has 1 rings (SSSR count). The fraction of sp³-hybridized carbons (Fsp3) is 0.875. The van der Waals surface area contributed by atoms with E-state index in [4.69, 9.17) is 9.05 Å². The number of carbonyl (C=O) groups excluding carboxylic acids is 2. The van der Waals surface area contributed by atoms with Crippen LogP contribution in [0.4, 0.5) is 0 Å². The van der Waals surface area contributed by atoms with Crippen molar-refractivity contribution in [3.05, 3.63) is 0 Å². The number of amides is 1. The lowest BCUT2D eigenvalue weighted by Crippen LogP contribution is -2.44. The Hall–Kier alpha value is -0.710. The highest BCUT2D eigenvalue weighted by Gasteiger charge is 2.49. The number of nitrogens with zero attached hydrogens (tertiary/aromatic N) is 1. The maximum absolute atomic E-state index is 13.2. The first-order chi connectivity index (χ1) is 10.9. The predicted molar refractivity (Wildman–Crippen MR) is 89.5 cm³/mol. The van der Waals surface area contributed by atoms with Gasteiger partial charge in [-0.3, -0.25) is 14.2 Å². The Kier molecular flexibility index (Phi) is 8.45. The van der Waals surface area contributed by atoms with Gasteiger partial charge in [0.25, 0.3) is 5.91 Å². The molecule has 0 heterocycles. The van der Waals surface area contributed by atoms with Crippen molar-refractivity contribution < 1.29 is 23.2 Å². The Morgan fingerprint density at radius 3 is 1.91 bits per heavy atom. The van der Waals surface area contributed by atoms with Gasteiger partial charge in [-0.25, -0.2) is 0 Å². The lowest BCUT2D eigenvalue weighted by molar-refractivity contribution is -0.145. The first-order valence-electron chi connectivity index (χ1n) is 8.66. The second-order valence-electron chi connectivity index (χ2n) is 5.71.